The second-order valence-electron chi connectivity index (χ2n) is 6.16. The molecular formula is C18H22N6O. The van der Waals surface area contributed by atoms with Crippen molar-refractivity contribution >= 4 is 11.5 Å². The van der Waals surface area contributed by atoms with E-state index in [9.17, 15) is 0 Å². The SMILES string of the molecule is NCCCOc1cccc(C2CCCN2c2ccn3nccc3n2)n1. The molecule has 0 spiro atoms. The summed E-state index contributed by atoms with van der Waals surface area (Å²) in [5.41, 5.74) is 7.40. The van der Waals surface area contributed by atoms with E-state index in [1.165, 1.54) is 0 Å². The number of hydrogen-bond acceptors (Lipinski definition) is 6. The van der Waals surface area contributed by atoms with E-state index in [4.69, 9.17) is 20.4 Å². The van der Waals surface area contributed by atoms with Crippen LogP contribution in [-0.4, -0.2) is 39.3 Å². The highest BCUT2D eigenvalue weighted by atomic mass is 16.5. The smallest absolute Gasteiger partial charge is 0.213 e. The minimum absolute atomic E-state index is 0.218. The normalized spacial score (nSPS) is 17.3. The van der Waals surface area contributed by atoms with E-state index in [1.54, 1.807) is 10.7 Å². The molecule has 0 aromatic carbocycles. The van der Waals surface area contributed by atoms with Crippen molar-refractivity contribution in [2.75, 3.05) is 24.6 Å². The number of rotatable bonds is 6. The van der Waals surface area contributed by atoms with Gasteiger partial charge in [-0.3, -0.25) is 0 Å². The van der Waals surface area contributed by atoms with Crippen molar-refractivity contribution in [2.24, 2.45) is 5.73 Å². The average Bonchev–Trinajstić information content (AvgIpc) is 3.31. The van der Waals surface area contributed by atoms with Crippen molar-refractivity contribution < 1.29 is 4.74 Å². The fourth-order valence-corrected chi connectivity index (χ4v) is 3.27. The van der Waals surface area contributed by atoms with Gasteiger partial charge in [0.25, 0.3) is 0 Å². The Morgan fingerprint density at radius 3 is 3.08 bits per heavy atom. The van der Waals surface area contributed by atoms with Crippen LogP contribution >= 0.6 is 0 Å². The van der Waals surface area contributed by atoms with Crippen molar-refractivity contribution in [2.45, 2.75) is 25.3 Å². The van der Waals surface area contributed by atoms with Crippen LogP contribution in [0.1, 0.15) is 31.0 Å². The molecule has 1 unspecified atom stereocenters. The van der Waals surface area contributed by atoms with Crippen molar-refractivity contribution in [3.05, 3.63) is 48.4 Å². The van der Waals surface area contributed by atoms with Crippen LogP contribution in [0.15, 0.2) is 42.7 Å². The number of hydrogen-bond donors (Lipinski definition) is 1. The predicted octanol–water partition coefficient (Wildman–Crippen LogP) is 2.19. The van der Waals surface area contributed by atoms with Crippen LogP contribution in [-0.2, 0) is 0 Å². The van der Waals surface area contributed by atoms with Crippen molar-refractivity contribution in [1.29, 1.82) is 0 Å². The summed E-state index contributed by atoms with van der Waals surface area (Å²) < 4.78 is 7.47. The summed E-state index contributed by atoms with van der Waals surface area (Å²) in [5, 5.41) is 4.21. The molecule has 25 heavy (non-hydrogen) atoms. The minimum atomic E-state index is 0.218. The molecule has 2 N–H and O–H groups in total. The molecule has 1 saturated heterocycles. The van der Waals surface area contributed by atoms with Gasteiger partial charge in [0.1, 0.15) is 5.82 Å². The summed E-state index contributed by atoms with van der Waals surface area (Å²) in [6, 6.07) is 10.1. The third kappa shape index (κ3) is 3.28. The molecular weight excluding hydrogens is 316 g/mol. The van der Waals surface area contributed by atoms with E-state index in [0.29, 0.717) is 19.0 Å². The van der Waals surface area contributed by atoms with E-state index in [2.05, 4.69) is 16.1 Å². The van der Waals surface area contributed by atoms with Crippen molar-refractivity contribution in [3.8, 4) is 5.88 Å². The summed E-state index contributed by atoms with van der Waals surface area (Å²) >= 11 is 0. The minimum Gasteiger partial charge on any atom is -0.478 e. The number of ether oxygens (including phenoxy) is 1. The van der Waals surface area contributed by atoms with E-state index in [1.807, 2.05) is 30.5 Å². The van der Waals surface area contributed by atoms with Gasteiger partial charge < -0.3 is 15.4 Å². The molecule has 1 aliphatic heterocycles. The number of nitrogens with zero attached hydrogens (tertiary/aromatic N) is 5. The lowest BCUT2D eigenvalue weighted by Gasteiger charge is -2.25. The fraction of sp³-hybridized carbons (Fsp3) is 0.389. The Kier molecular flexibility index (Phi) is 4.47. The topological polar surface area (TPSA) is 81.6 Å². The van der Waals surface area contributed by atoms with Crippen LogP contribution in [0.25, 0.3) is 5.65 Å². The Labute approximate surface area is 146 Å². The Balaban J connectivity index is 1.57. The average molecular weight is 338 g/mol. The van der Waals surface area contributed by atoms with Gasteiger partial charge in [-0.15, -0.1) is 0 Å². The monoisotopic (exact) mass is 338 g/mol. The van der Waals surface area contributed by atoms with Gasteiger partial charge in [0.05, 0.1) is 24.5 Å². The number of aromatic nitrogens is 4. The molecule has 7 heteroatoms. The van der Waals surface area contributed by atoms with Gasteiger partial charge in [-0.05, 0) is 37.9 Å². The van der Waals surface area contributed by atoms with E-state index in [0.717, 1.165) is 43.0 Å². The molecule has 0 amide bonds. The molecule has 130 valence electrons. The summed E-state index contributed by atoms with van der Waals surface area (Å²) in [4.78, 5) is 11.8. The van der Waals surface area contributed by atoms with Gasteiger partial charge in [-0.1, -0.05) is 6.07 Å². The molecule has 1 atom stereocenters. The lowest BCUT2D eigenvalue weighted by molar-refractivity contribution is 0.300. The van der Waals surface area contributed by atoms with Crippen LogP contribution in [0.3, 0.4) is 0 Å². The zero-order valence-electron chi connectivity index (χ0n) is 14.1. The highest BCUT2D eigenvalue weighted by Gasteiger charge is 2.28. The first kappa shape index (κ1) is 15.8. The van der Waals surface area contributed by atoms with Gasteiger partial charge in [-0.25, -0.2) is 14.5 Å². The van der Waals surface area contributed by atoms with E-state index < -0.39 is 0 Å². The second kappa shape index (κ2) is 7.06. The van der Waals surface area contributed by atoms with Crippen LogP contribution in [0.2, 0.25) is 0 Å². The van der Waals surface area contributed by atoms with Gasteiger partial charge >= 0.3 is 0 Å². The Bertz CT molecular complexity index is 848. The Morgan fingerprint density at radius 1 is 1.20 bits per heavy atom. The molecule has 0 aliphatic carbocycles. The lowest BCUT2D eigenvalue weighted by Crippen LogP contribution is -2.24. The zero-order valence-corrected chi connectivity index (χ0v) is 14.1. The largest absolute Gasteiger partial charge is 0.478 e. The first-order valence-electron chi connectivity index (χ1n) is 8.72. The predicted molar refractivity (Wildman–Crippen MR) is 95.7 cm³/mol. The molecule has 7 nitrogen and oxygen atoms in total. The molecule has 4 heterocycles. The summed E-state index contributed by atoms with van der Waals surface area (Å²) in [5.74, 6) is 1.63. The standard InChI is InChI=1S/C18H22N6O/c19-9-3-13-25-18-6-1-4-14(21-18)15-5-2-11-23(15)16-8-12-24-17(22-16)7-10-20-24/h1,4,6-8,10,12,15H,2-3,5,9,11,13,19H2. The second-order valence-corrected chi connectivity index (χ2v) is 6.16. The molecule has 1 fully saturated rings. The first-order valence-corrected chi connectivity index (χ1v) is 8.72. The third-order valence-electron chi connectivity index (χ3n) is 4.48. The highest BCUT2D eigenvalue weighted by Crippen LogP contribution is 2.35. The summed E-state index contributed by atoms with van der Waals surface area (Å²) in [6.07, 6.45) is 6.73. The van der Waals surface area contributed by atoms with Crippen molar-refractivity contribution in [3.63, 3.8) is 0 Å². The zero-order chi connectivity index (χ0) is 17.1. The Morgan fingerprint density at radius 2 is 2.16 bits per heavy atom. The van der Waals surface area contributed by atoms with Crippen LogP contribution in [0.4, 0.5) is 5.82 Å². The maximum atomic E-state index is 5.70. The third-order valence-corrected chi connectivity index (χ3v) is 4.48. The summed E-state index contributed by atoms with van der Waals surface area (Å²) in [7, 11) is 0. The number of nitrogens with two attached hydrogens (primary N) is 1. The van der Waals surface area contributed by atoms with Gasteiger partial charge in [0, 0.05) is 24.9 Å². The van der Waals surface area contributed by atoms with Gasteiger partial charge in [0.2, 0.25) is 5.88 Å². The number of anilines is 1. The van der Waals surface area contributed by atoms with Crippen LogP contribution < -0.4 is 15.4 Å². The van der Waals surface area contributed by atoms with Gasteiger partial charge in [0.15, 0.2) is 5.65 Å². The summed E-state index contributed by atoms with van der Waals surface area (Å²) in [6.45, 7) is 2.20. The van der Waals surface area contributed by atoms with Crippen LogP contribution in [0.5, 0.6) is 5.88 Å². The molecule has 0 bridgehead atoms. The lowest BCUT2D eigenvalue weighted by atomic mass is 10.1. The molecule has 0 radical (unpaired) electrons. The maximum Gasteiger partial charge on any atom is 0.213 e. The number of pyridine rings is 1. The fourth-order valence-electron chi connectivity index (χ4n) is 3.27. The first-order chi connectivity index (χ1) is 12.3. The molecule has 1 aliphatic rings. The van der Waals surface area contributed by atoms with E-state index >= 15 is 0 Å². The van der Waals surface area contributed by atoms with E-state index in [-0.39, 0.29) is 6.04 Å². The molecule has 4 rings (SSSR count). The number of fused-ring (bicyclic) bond motifs is 1. The molecule has 0 saturated carbocycles. The highest BCUT2D eigenvalue weighted by molar-refractivity contribution is 5.49. The van der Waals surface area contributed by atoms with Gasteiger partial charge in [-0.2, -0.15) is 5.10 Å². The quantitative estimate of drug-likeness (QED) is 0.694. The van der Waals surface area contributed by atoms with Crippen molar-refractivity contribution in [1.82, 2.24) is 19.6 Å². The Hall–Kier alpha value is -2.67. The maximum absolute atomic E-state index is 5.70. The molecule has 3 aromatic rings. The van der Waals surface area contributed by atoms with Crippen LogP contribution in [0, 0.1) is 0 Å². The molecule has 3 aromatic heterocycles.